The van der Waals surface area contributed by atoms with Gasteiger partial charge in [0.25, 0.3) is 0 Å². The molecule has 0 aromatic heterocycles. The van der Waals surface area contributed by atoms with Gasteiger partial charge in [-0.2, -0.15) is 0 Å². The standard InChI is InChI=1S/C29H25F5O4/c1-14(35)18-8-9-20(26(32)25(18)31)16-4-2-15(3-5-16)19-7-6-17(12-23(19)30)38-29(36)22-11-10-21(24-13-37-24)27(33)28(22)34/h6-12,14-16,24,35H,2-5,13H2,1H3. The largest absolute Gasteiger partial charge is 0.423 e. The van der Waals surface area contributed by atoms with Gasteiger partial charge < -0.3 is 14.6 Å². The van der Waals surface area contributed by atoms with Crippen molar-refractivity contribution in [2.24, 2.45) is 0 Å². The van der Waals surface area contributed by atoms with Gasteiger partial charge in [0.05, 0.1) is 18.3 Å². The highest BCUT2D eigenvalue weighted by atomic mass is 19.2. The average molecular weight is 533 g/mol. The van der Waals surface area contributed by atoms with Crippen molar-refractivity contribution in [3.63, 3.8) is 0 Å². The highest BCUT2D eigenvalue weighted by molar-refractivity contribution is 5.91. The minimum atomic E-state index is -1.35. The second-order valence-corrected chi connectivity index (χ2v) is 9.82. The third kappa shape index (κ3) is 5.05. The molecule has 200 valence electrons. The van der Waals surface area contributed by atoms with E-state index >= 15 is 0 Å². The van der Waals surface area contributed by atoms with Crippen molar-refractivity contribution >= 4 is 5.97 Å². The van der Waals surface area contributed by atoms with Crippen LogP contribution in [0.4, 0.5) is 22.0 Å². The van der Waals surface area contributed by atoms with Crippen LogP contribution in [-0.2, 0) is 4.74 Å². The number of epoxide rings is 1. The van der Waals surface area contributed by atoms with Gasteiger partial charge >= 0.3 is 5.97 Å². The third-order valence-corrected chi connectivity index (χ3v) is 7.39. The van der Waals surface area contributed by atoms with E-state index in [1.807, 2.05) is 0 Å². The van der Waals surface area contributed by atoms with Gasteiger partial charge in [-0.15, -0.1) is 0 Å². The van der Waals surface area contributed by atoms with Crippen LogP contribution in [0.15, 0.2) is 42.5 Å². The normalized spacial score (nSPS) is 21.7. The Morgan fingerprint density at radius 3 is 2.03 bits per heavy atom. The number of benzene rings is 3. The van der Waals surface area contributed by atoms with Crippen LogP contribution in [0.2, 0.25) is 0 Å². The first-order valence-corrected chi connectivity index (χ1v) is 12.4. The Morgan fingerprint density at radius 2 is 1.42 bits per heavy atom. The maximum atomic E-state index is 15.0. The molecule has 3 aromatic rings. The van der Waals surface area contributed by atoms with E-state index in [2.05, 4.69) is 0 Å². The number of hydrogen-bond acceptors (Lipinski definition) is 4. The van der Waals surface area contributed by atoms with Crippen LogP contribution in [-0.4, -0.2) is 17.7 Å². The number of ether oxygens (including phenoxy) is 2. The number of halogens is 5. The van der Waals surface area contributed by atoms with E-state index in [1.165, 1.54) is 37.3 Å². The molecule has 1 heterocycles. The summed E-state index contributed by atoms with van der Waals surface area (Å²) >= 11 is 0. The number of hydrogen-bond donors (Lipinski definition) is 1. The summed E-state index contributed by atoms with van der Waals surface area (Å²) in [6, 6.07) is 9.13. The van der Waals surface area contributed by atoms with Crippen LogP contribution in [0.25, 0.3) is 0 Å². The van der Waals surface area contributed by atoms with Crippen molar-refractivity contribution in [1.29, 1.82) is 0 Å². The van der Waals surface area contributed by atoms with Crippen LogP contribution in [0.1, 0.15) is 89.3 Å². The van der Waals surface area contributed by atoms with Crippen LogP contribution in [0.3, 0.4) is 0 Å². The van der Waals surface area contributed by atoms with Crippen LogP contribution >= 0.6 is 0 Å². The quantitative estimate of drug-likeness (QED) is 0.158. The van der Waals surface area contributed by atoms with E-state index in [-0.39, 0.29) is 40.9 Å². The molecule has 2 fully saturated rings. The summed E-state index contributed by atoms with van der Waals surface area (Å²) in [4.78, 5) is 12.4. The summed E-state index contributed by atoms with van der Waals surface area (Å²) in [5.41, 5.74) is -0.0472. The number of esters is 1. The van der Waals surface area contributed by atoms with Crippen molar-refractivity contribution < 1.29 is 41.3 Å². The lowest BCUT2D eigenvalue weighted by molar-refractivity contribution is 0.0728. The van der Waals surface area contributed by atoms with Crippen molar-refractivity contribution in [3.8, 4) is 5.75 Å². The molecule has 2 atom stereocenters. The highest BCUT2D eigenvalue weighted by Crippen LogP contribution is 2.43. The second-order valence-electron chi connectivity index (χ2n) is 9.82. The maximum absolute atomic E-state index is 15.0. The van der Waals surface area contributed by atoms with Crippen molar-refractivity contribution in [3.05, 3.63) is 99.4 Å². The molecular formula is C29H25F5O4. The zero-order chi connectivity index (χ0) is 27.1. The van der Waals surface area contributed by atoms with E-state index in [0.29, 0.717) is 31.2 Å². The summed E-state index contributed by atoms with van der Waals surface area (Å²) in [5.74, 6) is -6.89. The van der Waals surface area contributed by atoms with Crippen molar-refractivity contribution in [2.45, 2.75) is 56.7 Å². The molecule has 0 radical (unpaired) electrons. The number of carbonyl (C=O) groups is 1. The predicted molar refractivity (Wildman–Crippen MR) is 127 cm³/mol. The fourth-order valence-corrected chi connectivity index (χ4v) is 5.20. The molecule has 3 aromatic carbocycles. The summed E-state index contributed by atoms with van der Waals surface area (Å²) < 4.78 is 82.6. The summed E-state index contributed by atoms with van der Waals surface area (Å²) in [6.45, 7) is 1.64. The van der Waals surface area contributed by atoms with E-state index in [1.54, 1.807) is 0 Å². The number of carbonyl (C=O) groups excluding carboxylic acids is 1. The molecule has 38 heavy (non-hydrogen) atoms. The molecule has 5 rings (SSSR count). The van der Waals surface area contributed by atoms with Crippen LogP contribution < -0.4 is 4.74 Å². The van der Waals surface area contributed by atoms with Gasteiger partial charge in [0.1, 0.15) is 17.7 Å². The van der Waals surface area contributed by atoms with Gasteiger partial charge in [0, 0.05) is 17.2 Å². The van der Waals surface area contributed by atoms with Crippen molar-refractivity contribution in [2.75, 3.05) is 6.61 Å². The minimum Gasteiger partial charge on any atom is -0.423 e. The van der Waals surface area contributed by atoms with Gasteiger partial charge in [0.2, 0.25) is 0 Å². The summed E-state index contributed by atoms with van der Waals surface area (Å²) in [5, 5.41) is 9.59. The molecule has 2 unspecified atom stereocenters. The smallest absolute Gasteiger partial charge is 0.346 e. The Labute approximate surface area is 216 Å². The number of aliphatic hydroxyl groups excluding tert-OH is 1. The highest BCUT2D eigenvalue weighted by Gasteiger charge is 2.32. The molecule has 1 saturated carbocycles. The Morgan fingerprint density at radius 1 is 0.842 bits per heavy atom. The monoisotopic (exact) mass is 532 g/mol. The minimum absolute atomic E-state index is 0.0221. The zero-order valence-electron chi connectivity index (χ0n) is 20.4. The first-order chi connectivity index (χ1) is 18.2. The molecule has 1 saturated heterocycles. The van der Waals surface area contributed by atoms with E-state index < -0.39 is 52.8 Å². The number of rotatable bonds is 6. The first-order valence-electron chi connectivity index (χ1n) is 12.4. The molecule has 1 N–H and O–H groups in total. The lowest BCUT2D eigenvalue weighted by Crippen LogP contribution is -2.16. The molecule has 0 bridgehead atoms. The second kappa shape index (κ2) is 10.5. The van der Waals surface area contributed by atoms with Crippen LogP contribution in [0.5, 0.6) is 5.75 Å². The Hall–Kier alpha value is -3.30. The summed E-state index contributed by atoms with van der Waals surface area (Å²) in [7, 11) is 0. The maximum Gasteiger partial charge on any atom is 0.346 e. The van der Waals surface area contributed by atoms with Gasteiger partial charge in [-0.1, -0.05) is 24.3 Å². The summed E-state index contributed by atoms with van der Waals surface area (Å²) in [6.07, 6.45) is 0.434. The fraction of sp³-hybridized carbons (Fsp3) is 0.345. The molecule has 0 amide bonds. The van der Waals surface area contributed by atoms with Gasteiger partial charge in [0.15, 0.2) is 23.3 Å². The van der Waals surface area contributed by atoms with Gasteiger partial charge in [-0.25, -0.2) is 26.7 Å². The van der Waals surface area contributed by atoms with Gasteiger partial charge in [-0.3, -0.25) is 0 Å². The topological polar surface area (TPSA) is 59.1 Å². The van der Waals surface area contributed by atoms with E-state index in [4.69, 9.17) is 9.47 Å². The Balaban J connectivity index is 1.24. The molecule has 9 heteroatoms. The SMILES string of the molecule is CC(O)c1ccc(C2CCC(c3ccc(OC(=O)c4ccc(C5CO5)c(F)c4F)cc3F)CC2)c(F)c1F. The predicted octanol–water partition coefficient (Wildman–Crippen LogP) is 7.17. The fourth-order valence-electron chi connectivity index (χ4n) is 5.20. The van der Waals surface area contributed by atoms with Crippen LogP contribution in [0, 0.1) is 29.1 Å². The Kier molecular flexibility index (Phi) is 7.24. The molecule has 1 aliphatic heterocycles. The average Bonchev–Trinajstić information content (AvgIpc) is 3.73. The van der Waals surface area contributed by atoms with Crippen molar-refractivity contribution in [1.82, 2.24) is 0 Å². The van der Waals surface area contributed by atoms with E-state index in [0.717, 1.165) is 12.1 Å². The third-order valence-electron chi connectivity index (χ3n) is 7.39. The molecule has 2 aliphatic rings. The van der Waals surface area contributed by atoms with Gasteiger partial charge in [-0.05, 0) is 67.7 Å². The molecular weight excluding hydrogens is 507 g/mol. The number of aliphatic hydroxyl groups is 1. The zero-order valence-corrected chi connectivity index (χ0v) is 20.4. The Bertz CT molecular complexity index is 1380. The molecule has 4 nitrogen and oxygen atoms in total. The lowest BCUT2D eigenvalue weighted by Gasteiger charge is -2.30. The molecule has 1 aliphatic carbocycles. The lowest BCUT2D eigenvalue weighted by atomic mass is 9.75. The first kappa shape index (κ1) is 26.3. The molecule has 0 spiro atoms. The van der Waals surface area contributed by atoms with E-state index in [9.17, 15) is 31.9 Å².